The van der Waals surface area contributed by atoms with Gasteiger partial charge in [-0.15, -0.1) is 5.10 Å². The molecule has 0 saturated carbocycles. The molecule has 0 radical (unpaired) electrons. The van der Waals surface area contributed by atoms with Gasteiger partial charge in [-0.05, 0) is 41.1 Å². The first-order chi connectivity index (χ1) is 10.2. The molecule has 0 aliphatic rings. The summed E-state index contributed by atoms with van der Waals surface area (Å²) in [4.78, 5) is 0. The second kappa shape index (κ2) is 8.58. The molecule has 2 rings (SSSR count). The topological polar surface area (TPSA) is 55.6 Å². The van der Waals surface area contributed by atoms with E-state index in [0.717, 1.165) is 42.5 Å². The van der Waals surface area contributed by atoms with Crippen LogP contribution in [-0.4, -0.2) is 33.3 Å². The summed E-state index contributed by atoms with van der Waals surface area (Å²) in [6, 6.07) is 5.63. The van der Waals surface area contributed by atoms with Crippen molar-refractivity contribution >= 4 is 35.0 Å². The largest absolute Gasteiger partial charge is 0.315 e. The van der Waals surface area contributed by atoms with E-state index < -0.39 is 0 Å². The third-order valence-corrected chi connectivity index (χ3v) is 4.55. The Balaban J connectivity index is 1.88. The molecule has 1 aromatic carbocycles. The number of aromatic nitrogens is 4. The molecule has 8 heteroatoms. The molecule has 0 spiro atoms. The SMILES string of the molecule is CCCNCCn1nnnc1SCc1ccc(Cl)c(Cl)c1. The molecule has 0 fully saturated rings. The van der Waals surface area contributed by atoms with Crippen molar-refractivity contribution in [1.29, 1.82) is 0 Å². The Bertz CT molecular complexity index is 575. The van der Waals surface area contributed by atoms with Gasteiger partial charge in [0.1, 0.15) is 0 Å². The molecule has 0 bridgehead atoms. The zero-order chi connectivity index (χ0) is 15.1. The Morgan fingerprint density at radius 2 is 2.10 bits per heavy atom. The molecule has 1 heterocycles. The van der Waals surface area contributed by atoms with Gasteiger partial charge in [0, 0.05) is 12.3 Å². The quantitative estimate of drug-likeness (QED) is 0.587. The highest BCUT2D eigenvalue weighted by molar-refractivity contribution is 7.98. The van der Waals surface area contributed by atoms with Gasteiger partial charge in [-0.25, -0.2) is 4.68 Å². The molecular weight excluding hydrogens is 329 g/mol. The van der Waals surface area contributed by atoms with Gasteiger partial charge in [-0.2, -0.15) is 0 Å². The average Bonchev–Trinajstić information content (AvgIpc) is 2.92. The molecule has 0 aliphatic heterocycles. The van der Waals surface area contributed by atoms with Gasteiger partial charge in [-0.1, -0.05) is 48.0 Å². The van der Waals surface area contributed by atoms with Crippen molar-refractivity contribution in [3.8, 4) is 0 Å². The van der Waals surface area contributed by atoms with Crippen LogP contribution in [-0.2, 0) is 12.3 Å². The zero-order valence-electron chi connectivity index (χ0n) is 11.7. The van der Waals surface area contributed by atoms with Crippen LogP contribution in [0, 0.1) is 0 Å². The van der Waals surface area contributed by atoms with Gasteiger partial charge >= 0.3 is 0 Å². The highest BCUT2D eigenvalue weighted by Crippen LogP contribution is 2.26. The van der Waals surface area contributed by atoms with Gasteiger partial charge in [-0.3, -0.25) is 0 Å². The van der Waals surface area contributed by atoms with Crippen molar-refractivity contribution < 1.29 is 0 Å². The summed E-state index contributed by atoms with van der Waals surface area (Å²) in [6.07, 6.45) is 1.12. The summed E-state index contributed by atoms with van der Waals surface area (Å²) in [6.45, 7) is 4.77. The minimum Gasteiger partial charge on any atom is -0.315 e. The molecular formula is C13H17Cl2N5S. The maximum absolute atomic E-state index is 6.01. The van der Waals surface area contributed by atoms with Gasteiger partial charge in [0.05, 0.1) is 16.6 Å². The third-order valence-electron chi connectivity index (χ3n) is 2.78. The molecule has 0 aliphatic carbocycles. The first kappa shape index (κ1) is 16.5. The van der Waals surface area contributed by atoms with Crippen molar-refractivity contribution in [2.75, 3.05) is 13.1 Å². The van der Waals surface area contributed by atoms with E-state index in [1.54, 1.807) is 17.8 Å². The summed E-state index contributed by atoms with van der Waals surface area (Å²) in [5.41, 5.74) is 1.09. The number of benzene rings is 1. The third kappa shape index (κ3) is 5.14. The van der Waals surface area contributed by atoms with Crippen LogP contribution >= 0.6 is 35.0 Å². The highest BCUT2D eigenvalue weighted by atomic mass is 35.5. The first-order valence-corrected chi connectivity index (χ1v) is 8.48. The summed E-state index contributed by atoms with van der Waals surface area (Å²) >= 11 is 13.5. The van der Waals surface area contributed by atoms with Crippen molar-refractivity contribution in [2.24, 2.45) is 0 Å². The monoisotopic (exact) mass is 345 g/mol. The molecule has 0 saturated heterocycles. The van der Waals surface area contributed by atoms with Crippen LogP contribution in [0.5, 0.6) is 0 Å². The number of nitrogens with one attached hydrogen (secondary N) is 1. The fourth-order valence-corrected chi connectivity index (χ4v) is 2.87. The second-order valence-electron chi connectivity index (χ2n) is 4.47. The lowest BCUT2D eigenvalue weighted by Crippen LogP contribution is -2.21. The lowest BCUT2D eigenvalue weighted by atomic mass is 10.2. The van der Waals surface area contributed by atoms with Crippen LogP contribution < -0.4 is 5.32 Å². The van der Waals surface area contributed by atoms with Gasteiger partial charge < -0.3 is 5.32 Å². The fraction of sp³-hybridized carbons (Fsp3) is 0.462. The Kier molecular flexibility index (Phi) is 6.76. The fourth-order valence-electron chi connectivity index (χ4n) is 1.70. The van der Waals surface area contributed by atoms with Gasteiger partial charge in [0.25, 0.3) is 0 Å². The van der Waals surface area contributed by atoms with Crippen LogP contribution in [0.25, 0.3) is 0 Å². The van der Waals surface area contributed by atoms with Crippen LogP contribution in [0.1, 0.15) is 18.9 Å². The molecule has 21 heavy (non-hydrogen) atoms. The van der Waals surface area contributed by atoms with E-state index >= 15 is 0 Å². The molecule has 2 aromatic rings. The minimum absolute atomic E-state index is 0.567. The van der Waals surface area contributed by atoms with E-state index in [1.807, 2.05) is 16.8 Å². The summed E-state index contributed by atoms with van der Waals surface area (Å²) < 4.78 is 1.81. The summed E-state index contributed by atoms with van der Waals surface area (Å²) in [5.74, 6) is 0.750. The van der Waals surface area contributed by atoms with Crippen molar-refractivity contribution in [3.05, 3.63) is 33.8 Å². The van der Waals surface area contributed by atoms with Crippen LogP contribution in [0.2, 0.25) is 10.0 Å². The van der Waals surface area contributed by atoms with E-state index in [2.05, 4.69) is 27.8 Å². The van der Waals surface area contributed by atoms with E-state index in [4.69, 9.17) is 23.2 Å². The van der Waals surface area contributed by atoms with E-state index in [0.29, 0.717) is 10.0 Å². The lowest BCUT2D eigenvalue weighted by Gasteiger charge is -2.06. The number of thioether (sulfide) groups is 1. The number of hydrogen-bond acceptors (Lipinski definition) is 5. The second-order valence-corrected chi connectivity index (χ2v) is 6.23. The smallest absolute Gasteiger partial charge is 0.209 e. The van der Waals surface area contributed by atoms with Gasteiger partial charge in [0.15, 0.2) is 0 Å². The van der Waals surface area contributed by atoms with Crippen LogP contribution in [0.3, 0.4) is 0 Å². The van der Waals surface area contributed by atoms with Gasteiger partial charge in [0.2, 0.25) is 5.16 Å². The van der Waals surface area contributed by atoms with Crippen molar-refractivity contribution in [1.82, 2.24) is 25.5 Å². The standard InChI is InChI=1S/C13H17Cl2N5S/c1-2-5-16-6-7-20-13(17-18-19-20)21-9-10-3-4-11(14)12(15)8-10/h3-4,8,16H,2,5-7,9H2,1H3. The Morgan fingerprint density at radius 1 is 1.24 bits per heavy atom. The highest BCUT2D eigenvalue weighted by Gasteiger charge is 2.07. The minimum atomic E-state index is 0.567. The molecule has 0 atom stereocenters. The van der Waals surface area contributed by atoms with E-state index in [-0.39, 0.29) is 0 Å². The number of hydrogen-bond donors (Lipinski definition) is 1. The predicted octanol–water partition coefficient (Wildman–Crippen LogP) is 3.27. The number of nitrogens with zero attached hydrogens (tertiary/aromatic N) is 4. The number of halogens is 2. The molecule has 0 amide bonds. The molecule has 5 nitrogen and oxygen atoms in total. The summed E-state index contributed by atoms with van der Waals surface area (Å²) in [5, 5.41) is 17.1. The maximum Gasteiger partial charge on any atom is 0.209 e. The van der Waals surface area contributed by atoms with E-state index in [1.165, 1.54) is 0 Å². The first-order valence-electron chi connectivity index (χ1n) is 6.74. The maximum atomic E-state index is 6.01. The molecule has 1 N–H and O–H groups in total. The number of rotatable bonds is 8. The Hall–Kier alpha value is -0.820. The van der Waals surface area contributed by atoms with Crippen molar-refractivity contribution in [2.45, 2.75) is 30.8 Å². The van der Waals surface area contributed by atoms with E-state index in [9.17, 15) is 0 Å². The summed E-state index contributed by atoms with van der Waals surface area (Å²) in [7, 11) is 0. The Labute approximate surface area is 138 Å². The van der Waals surface area contributed by atoms with Crippen LogP contribution in [0.15, 0.2) is 23.4 Å². The van der Waals surface area contributed by atoms with Crippen molar-refractivity contribution in [3.63, 3.8) is 0 Å². The molecule has 114 valence electrons. The molecule has 0 unspecified atom stereocenters. The Morgan fingerprint density at radius 3 is 2.86 bits per heavy atom. The van der Waals surface area contributed by atoms with Crippen LogP contribution in [0.4, 0.5) is 0 Å². The average molecular weight is 346 g/mol. The predicted molar refractivity (Wildman–Crippen MR) is 87.0 cm³/mol. The number of tetrazole rings is 1. The zero-order valence-corrected chi connectivity index (χ0v) is 14.0. The lowest BCUT2D eigenvalue weighted by molar-refractivity contribution is 0.510. The molecule has 1 aromatic heterocycles. The normalized spacial score (nSPS) is 11.0.